The van der Waals surface area contributed by atoms with Crippen molar-refractivity contribution in [3.63, 3.8) is 0 Å². The zero-order valence-electron chi connectivity index (χ0n) is 19.3. The first-order valence-corrected chi connectivity index (χ1v) is 12.6. The number of pyridine rings is 1. The predicted molar refractivity (Wildman–Crippen MR) is 128 cm³/mol. The topological polar surface area (TPSA) is 129 Å². The lowest BCUT2D eigenvalue weighted by molar-refractivity contribution is 0.310. The molecule has 0 radical (unpaired) electrons. The third kappa shape index (κ3) is 4.65. The molecule has 3 aromatic heterocycles. The number of sulfone groups is 1. The molecule has 0 amide bonds. The summed E-state index contributed by atoms with van der Waals surface area (Å²) in [7, 11) is -1.95. The van der Waals surface area contributed by atoms with Crippen LogP contribution in [-0.4, -0.2) is 58.9 Å². The van der Waals surface area contributed by atoms with E-state index in [9.17, 15) is 13.2 Å². The molecule has 1 atom stereocenters. The van der Waals surface area contributed by atoms with Crippen molar-refractivity contribution >= 4 is 21.0 Å². The standard InChI is InChI=1S/C23H25N5O5S/c1-5-33-20-11-15(6-7-19(20)32-3)18(13-34(4,30)31)28-22-17(26-23(28)29)10-16(12-24-22)21-14(2)8-9-25-27-21/h6-12,18H,5,13H2,1-4H3,(H,26,29)/t18-/m0/s1. The zero-order chi connectivity index (χ0) is 24.5. The van der Waals surface area contributed by atoms with Gasteiger partial charge < -0.3 is 14.5 Å². The minimum atomic E-state index is -3.47. The Bertz CT molecular complexity index is 1510. The fraction of sp³-hybridized carbons (Fsp3) is 0.304. The number of hydrogen-bond acceptors (Lipinski definition) is 8. The van der Waals surface area contributed by atoms with Crippen LogP contribution in [0.25, 0.3) is 22.4 Å². The van der Waals surface area contributed by atoms with Gasteiger partial charge in [0.1, 0.15) is 9.84 Å². The van der Waals surface area contributed by atoms with Crippen LogP contribution in [0.1, 0.15) is 24.1 Å². The number of aromatic amines is 1. The summed E-state index contributed by atoms with van der Waals surface area (Å²) < 4.78 is 37.1. The normalized spacial score (nSPS) is 12.6. The Morgan fingerprint density at radius 2 is 1.97 bits per heavy atom. The summed E-state index contributed by atoms with van der Waals surface area (Å²) in [5.41, 5.74) is 3.15. The van der Waals surface area contributed by atoms with Gasteiger partial charge in [-0.15, -0.1) is 0 Å². The van der Waals surface area contributed by atoms with Gasteiger partial charge in [0, 0.05) is 24.2 Å². The van der Waals surface area contributed by atoms with Gasteiger partial charge in [0.2, 0.25) is 0 Å². The van der Waals surface area contributed by atoms with Gasteiger partial charge in [-0.25, -0.2) is 18.2 Å². The van der Waals surface area contributed by atoms with E-state index in [1.54, 1.807) is 36.7 Å². The number of nitrogens with zero attached hydrogens (tertiary/aromatic N) is 4. The summed E-state index contributed by atoms with van der Waals surface area (Å²) in [6.07, 6.45) is 4.33. The van der Waals surface area contributed by atoms with Crippen LogP contribution >= 0.6 is 0 Å². The minimum Gasteiger partial charge on any atom is -0.493 e. The Kier molecular flexibility index (Phi) is 6.38. The third-order valence-electron chi connectivity index (χ3n) is 5.40. The predicted octanol–water partition coefficient (Wildman–Crippen LogP) is 2.53. The maximum Gasteiger partial charge on any atom is 0.328 e. The molecule has 0 bridgehead atoms. The number of hydrogen-bond donors (Lipinski definition) is 1. The van der Waals surface area contributed by atoms with E-state index in [1.807, 2.05) is 19.9 Å². The van der Waals surface area contributed by atoms with Crippen molar-refractivity contribution in [2.24, 2.45) is 0 Å². The molecule has 0 saturated carbocycles. The van der Waals surface area contributed by atoms with Crippen molar-refractivity contribution < 1.29 is 17.9 Å². The second-order valence-corrected chi connectivity index (χ2v) is 10.1. The number of fused-ring (bicyclic) bond motifs is 1. The van der Waals surface area contributed by atoms with Crippen molar-refractivity contribution in [3.05, 3.63) is 64.3 Å². The third-order valence-corrected chi connectivity index (χ3v) is 6.32. The number of nitrogens with one attached hydrogen (secondary N) is 1. The Morgan fingerprint density at radius 1 is 1.18 bits per heavy atom. The molecule has 11 heteroatoms. The number of aryl methyl sites for hydroxylation is 1. The zero-order valence-corrected chi connectivity index (χ0v) is 20.1. The van der Waals surface area contributed by atoms with Crippen LogP contribution < -0.4 is 15.2 Å². The van der Waals surface area contributed by atoms with Gasteiger partial charge in [0.15, 0.2) is 17.1 Å². The number of methoxy groups -OCH3 is 1. The quantitative estimate of drug-likeness (QED) is 0.405. The average Bonchev–Trinajstić information content (AvgIpc) is 3.12. The van der Waals surface area contributed by atoms with Crippen molar-refractivity contribution in [1.29, 1.82) is 0 Å². The number of benzene rings is 1. The van der Waals surface area contributed by atoms with Crippen LogP contribution in [0.4, 0.5) is 0 Å². The fourth-order valence-corrected chi connectivity index (χ4v) is 4.80. The Labute approximate surface area is 196 Å². The molecule has 3 heterocycles. The van der Waals surface area contributed by atoms with Crippen molar-refractivity contribution in [1.82, 2.24) is 24.7 Å². The molecule has 34 heavy (non-hydrogen) atoms. The van der Waals surface area contributed by atoms with Crippen molar-refractivity contribution in [2.45, 2.75) is 19.9 Å². The lowest BCUT2D eigenvalue weighted by Gasteiger charge is -2.20. The van der Waals surface area contributed by atoms with E-state index in [2.05, 4.69) is 20.2 Å². The van der Waals surface area contributed by atoms with Crippen LogP contribution in [0.2, 0.25) is 0 Å². The molecule has 4 rings (SSSR count). The summed E-state index contributed by atoms with van der Waals surface area (Å²) in [6, 6.07) is 7.87. The maximum atomic E-state index is 13.1. The highest BCUT2D eigenvalue weighted by molar-refractivity contribution is 7.90. The molecule has 0 unspecified atom stereocenters. The number of rotatable bonds is 8. The summed E-state index contributed by atoms with van der Waals surface area (Å²) in [6.45, 7) is 4.14. The van der Waals surface area contributed by atoms with Crippen LogP contribution in [0.3, 0.4) is 0 Å². The molecule has 0 saturated heterocycles. The van der Waals surface area contributed by atoms with Gasteiger partial charge in [-0.3, -0.25) is 4.57 Å². The minimum absolute atomic E-state index is 0.301. The summed E-state index contributed by atoms with van der Waals surface area (Å²) >= 11 is 0. The fourth-order valence-electron chi connectivity index (χ4n) is 3.89. The summed E-state index contributed by atoms with van der Waals surface area (Å²) in [4.78, 5) is 20.4. The van der Waals surface area contributed by atoms with E-state index in [-0.39, 0.29) is 5.75 Å². The highest BCUT2D eigenvalue weighted by Crippen LogP contribution is 2.33. The molecule has 0 aliphatic rings. The van der Waals surface area contributed by atoms with E-state index in [0.29, 0.717) is 46.1 Å². The van der Waals surface area contributed by atoms with Gasteiger partial charge in [-0.2, -0.15) is 10.2 Å². The molecule has 0 fully saturated rings. The SMILES string of the molecule is CCOc1cc([C@H](CS(C)(=O)=O)n2c(=O)[nH]c3cc(-c4nnccc4C)cnc32)ccc1OC. The van der Waals surface area contributed by atoms with Gasteiger partial charge in [-0.1, -0.05) is 6.07 Å². The van der Waals surface area contributed by atoms with Gasteiger partial charge in [-0.05, 0) is 49.2 Å². The second-order valence-electron chi connectivity index (χ2n) is 7.91. The monoisotopic (exact) mass is 483 g/mol. The van der Waals surface area contributed by atoms with E-state index in [4.69, 9.17) is 9.47 Å². The highest BCUT2D eigenvalue weighted by atomic mass is 32.2. The maximum absolute atomic E-state index is 13.1. The molecular formula is C23H25N5O5S. The first-order valence-electron chi connectivity index (χ1n) is 10.6. The molecular weight excluding hydrogens is 458 g/mol. The number of ether oxygens (including phenoxy) is 2. The van der Waals surface area contributed by atoms with Crippen LogP contribution in [0.15, 0.2) is 47.5 Å². The van der Waals surface area contributed by atoms with Crippen molar-refractivity contribution in [3.8, 4) is 22.8 Å². The smallest absolute Gasteiger partial charge is 0.328 e. The Balaban J connectivity index is 1.89. The van der Waals surface area contributed by atoms with Gasteiger partial charge >= 0.3 is 5.69 Å². The van der Waals surface area contributed by atoms with E-state index >= 15 is 0 Å². The molecule has 0 aliphatic heterocycles. The van der Waals surface area contributed by atoms with E-state index < -0.39 is 21.6 Å². The molecule has 10 nitrogen and oxygen atoms in total. The summed E-state index contributed by atoms with van der Waals surface area (Å²) in [5, 5.41) is 8.09. The van der Waals surface area contributed by atoms with Crippen molar-refractivity contribution in [2.75, 3.05) is 25.7 Å². The molecule has 4 aromatic rings. The number of imidazole rings is 1. The van der Waals surface area contributed by atoms with Gasteiger partial charge in [0.25, 0.3) is 0 Å². The summed E-state index contributed by atoms with van der Waals surface area (Å²) in [5.74, 6) is 0.670. The van der Waals surface area contributed by atoms with Crippen LogP contribution in [0.5, 0.6) is 11.5 Å². The molecule has 178 valence electrons. The Hall–Kier alpha value is -3.73. The average molecular weight is 484 g/mol. The second kappa shape index (κ2) is 9.26. The number of H-pyrrole nitrogens is 1. The number of aromatic nitrogens is 5. The van der Waals surface area contributed by atoms with Crippen LogP contribution in [0, 0.1) is 6.92 Å². The Morgan fingerprint density at radius 3 is 2.65 bits per heavy atom. The lowest BCUT2D eigenvalue weighted by atomic mass is 10.1. The molecule has 1 N–H and O–H groups in total. The molecule has 1 aromatic carbocycles. The van der Waals surface area contributed by atoms with E-state index in [0.717, 1.165) is 11.8 Å². The lowest BCUT2D eigenvalue weighted by Crippen LogP contribution is -2.28. The molecule has 0 aliphatic carbocycles. The highest BCUT2D eigenvalue weighted by Gasteiger charge is 2.26. The first kappa shape index (κ1) is 23.4. The first-order chi connectivity index (χ1) is 16.2. The van der Waals surface area contributed by atoms with E-state index in [1.165, 1.54) is 11.7 Å². The van der Waals surface area contributed by atoms with Crippen LogP contribution in [-0.2, 0) is 9.84 Å². The largest absolute Gasteiger partial charge is 0.493 e. The van der Waals surface area contributed by atoms with Gasteiger partial charge in [0.05, 0.1) is 36.7 Å². The molecule has 0 spiro atoms.